The Balaban J connectivity index is 1.58. The molecule has 1 fully saturated rings. The van der Waals surface area contributed by atoms with Gasteiger partial charge in [0.05, 0.1) is 21.5 Å². The standard InChI is InChI=1S/C18H22BrN3O3S2/c1-13-21-16(12-26-13)8-9-20-18(23)14-3-2-10-22(11-14)27(24,25)17-6-4-15(19)5-7-17/h4-7,12,14H,2-3,8-11H2,1H3,(H,20,23). The Morgan fingerprint density at radius 1 is 1.37 bits per heavy atom. The van der Waals surface area contributed by atoms with E-state index in [1.807, 2.05) is 12.3 Å². The molecule has 1 unspecified atom stereocenters. The first-order chi connectivity index (χ1) is 12.9. The van der Waals surface area contributed by atoms with E-state index in [9.17, 15) is 13.2 Å². The first kappa shape index (κ1) is 20.4. The summed E-state index contributed by atoms with van der Waals surface area (Å²) in [6.45, 7) is 3.13. The molecule has 3 rings (SSSR count). The number of hydrogen-bond acceptors (Lipinski definition) is 5. The van der Waals surface area contributed by atoms with E-state index >= 15 is 0 Å². The number of carbonyl (C=O) groups excluding carboxylic acids is 1. The zero-order valence-corrected chi connectivity index (χ0v) is 18.2. The Kier molecular flexibility index (Phi) is 6.67. The fourth-order valence-corrected chi connectivity index (χ4v) is 5.55. The first-order valence-electron chi connectivity index (χ1n) is 8.80. The van der Waals surface area contributed by atoms with Gasteiger partial charge in [0.15, 0.2) is 0 Å². The quantitative estimate of drug-likeness (QED) is 0.701. The molecule has 1 amide bonds. The number of rotatable bonds is 6. The molecule has 0 spiro atoms. The predicted molar refractivity (Wildman–Crippen MR) is 109 cm³/mol. The van der Waals surface area contributed by atoms with E-state index in [0.29, 0.717) is 32.4 Å². The third kappa shape index (κ3) is 5.16. The molecule has 0 radical (unpaired) electrons. The van der Waals surface area contributed by atoms with Gasteiger partial charge < -0.3 is 5.32 Å². The third-order valence-corrected chi connectivity index (χ3v) is 7.78. The van der Waals surface area contributed by atoms with Crippen LogP contribution in [0, 0.1) is 12.8 Å². The third-order valence-electron chi connectivity index (χ3n) is 4.55. The average Bonchev–Trinajstić information content (AvgIpc) is 3.07. The molecule has 27 heavy (non-hydrogen) atoms. The molecule has 1 aliphatic heterocycles. The number of aryl methyl sites for hydroxylation is 1. The van der Waals surface area contributed by atoms with E-state index in [0.717, 1.165) is 15.2 Å². The summed E-state index contributed by atoms with van der Waals surface area (Å²) in [6.07, 6.45) is 2.07. The average molecular weight is 472 g/mol. The highest BCUT2D eigenvalue weighted by atomic mass is 79.9. The van der Waals surface area contributed by atoms with Gasteiger partial charge in [0.25, 0.3) is 0 Å². The second-order valence-corrected chi connectivity index (χ2v) is 10.5. The Morgan fingerprint density at radius 3 is 2.78 bits per heavy atom. The molecule has 1 aromatic carbocycles. The Bertz CT molecular complexity index is 897. The van der Waals surface area contributed by atoms with Crippen LogP contribution in [0.2, 0.25) is 0 Å². The van der Waals surface area contributed by atoms with Crippen molar-refractivity contribution in [2.24, 2.45) is 5.92 Å². The fourth-order valence-electron chi connectivity index (χ4n) is 3.11. The predicted octanol–water partition coefficient (Wildman–Crippen LogP) is 2.97. The summed E-state index contributed by atoms with van der Waals surface area (Å²) in [6, 6.07) is 6.58. The molecule has 1 saturated heterocycles. The molecule has 0 bridgehead atoms. The van der Waals surface area contributed by atoms with E-state index in [2.05, 4.69) is 26.2 Å². The number of carbonyl (C=O) groups is 1. The molecule has 1 aliphatic rings. The fraction of sp³-hybridized carbons (Fsp3) is 0.444. The van der Waals surface area contributed by atoms with Crippen molar-refractivity contribution in [3.05, 3.63) is 44.8 Å². The van der Waals surface area contributed by atoms with Gasteiger partial charge in [0, 0.05) is 35.9 Å². The minimum Gasteiger partial charge on any atom is -0.355 e. The largest absolute Gasteiger partial charge is 0.355 e. The van der Waals surface area contributed by atoms with E-state index < -0.39 is 10.0 Å². The van der Waals surface area contributed by atoms with Gasteiger partial charge in [-0.2, -0.15) is 4.31 Å². The Labute approximate surface area is 172 Å². The highest BCUT2D eigenvalue weighted by Gasteiger charge is 2.33. The number of amides is 1. The van der Waals surface area contributed by atoms with Crippen LogP contribution in [0.4, 0.5) is 0 Å². The van der Waals surface area contributed by atoms with Gasteiger partial charge in [0.2, 0.25) is 15.9 Å². The van der Waals surface area contributed by atoms with Crippen LogP contribution < -0.4 is 5.32 Å². The molecule has 6 nitrogen and oxygen atoms in total. The van der Waals surface area contributed by atoms with Crippen molar-refractivity contribution in [3.8, 4) is 0 Å². The lowest BCUT2D eigenvalue weighted by atomic mass is 9.99. The number of benzene rings is 1. The number of nitrogens with one attached hydrogen (secondary N) is 1. The van der Waals surface area contributed by atoms with Crippen molar-refractivity contribution in [1.82, 2.24) is 14.6 Å². The molecule has 2 heterocycles. The molecular formula is C18H22BrN3O3S2. The van der Waals surface area contributed by atoms with E-state index in [1.165, 1.54) is 4.31 Å². The van der Waals surface area contributed by atoms with Gasteiger partial charge in [-0.25, -0.2) is 13.4 Å². The minimum atomic E-state index is -3.58. The summed E-state index contributed by atoms with van der Waals surface area (Å²) >= 11 is 4.91. The first-order valence-corrected chi connectivity index (χ1v) is 11.9. The maximum Gasteiger partial charge on any atom is 0.243 e. The van der Waals surface area contributed by atoms with Crippen molar-refractivity contribution >= 4 is 43.2 Å². The minimum absolute atomic E-state index is 0.0855. The Hall–Kier alpha value is -1.29. The van der Waals surface area contributed by atoms with E-state index in [4.69, 9.17) is 0 Å². The number of thiazole rings is 1. The number of sulfonamides is 1. The van der Waals surface area contributed by atoms with Crippen molar-refractivity contribution in [2.45, 2.75) is 31.1 Å². The summed E-state index contributed by atoms with van der Waals surface area (Å²) in [5.74, 6) is -0.404. The molecule has 1 N–H and O–H groups in total. The normalized spacial score (nSPS) is 18.4. The summed E-state index contributed by atoms with van der Waals surface area (Å²) in [4.78, 5) is 17.1. The van der Waals surface area contributed by atoms with Crippen molar-refractivity contribution in [1.29, 1.82) is 0 Å². The van der Waals surface area contributed by atoms with Crippen LogP contribution in [0.25, 0.3) is 0 Å². The second kappa shape index (κ2) is 8.81. The van der Waals surface area contributed by atoms with Gasteiger partial charge in [-0.3, -0.25) is 4.79 Å². The van der Waals surface area contributed by atoms with Crippen LogP contribution in [0.1, 0.15) is 23.5 Å². The van der Waals surface area contributed by atoms with Gasteiger partial charge >= 0.3 is 0 Å². The maximum atomic E-state index is 12.8. The van der Waals surface area contributed by atoms with Crippen molar-refractivity contribution < 1.29 is 13.2 Å². The van der Waals surface area contributed by atoms with E-state index in [1.54, 1.807) is 35.6 Å². The van der Waals surface area contributed by atoms with Gasteiger partial charge in [-0.1, -0.05) is 15.9 Å². The number of hydrogen-bond donors (Lipinski definition) is 1. The van der Waals surface area contributed by atoms with Gasteiger partial charge in [-0.15, -0.1) is 11.3 Å². The molecule has 1 aromatic heterocycles. The van der Waals surface area contributed by atoms with Crippen LogP contribution in [0.15, 0.2) is 39.0 Å². The number of aromatic nitrogens is 1. The molecule has 0 aliphatic carbocycles. The highest BCUT2D eigenvalue weighted by molar-refractivity contribution is 9.10. The zero-order valence-electron chi connectivity index (χ0n) is 15.0. The van der Waals surface area contributed by atoms with Crippen LogP contribution in [-0.4, -0.2) is 43.2 Å². The molecule has 146 valence electrons. The van der Waals surface area contributed by atoms with Crippen LogP contribution in [0.5, 0.6) is 0 Å². The lowest BCUT2D eigenvalue weighted by Crippen LogP contribution is -2.45. The van der Waals surface area contributed by atoms with Crippen molar-refractivity contribution in [2.75, 3.05) is 19.6 Å². The summed E-state index contributed by atoms with van der Waals surface area (Å²) < 4.78 is 27.9. The molecule has 2 aromatic rings. The summed E-state index contributed by atoms with van der Waals surface area (Å²) in [7, 11) is -3.58. The second-order valence-electron chi connectivity index (χ2n) is 6.56. The van der Waals surface area contributed by atoms with Gasteiger partial charge in [-0.05, 0) is 44.0 Å². The molecule has 0 saturated carbocycles. The van der Waals surface area contributed by atoms with Crippen LogP contribution in [0.3, 0.4) is 0 Å². The van der Waals surface area contributed by atoms with Crippen molar-refractivity contribution in [3.63, 3.8) is 0 Å². The number of halogens is 1. The van der Waals surface area contributed by atoms with Crippen LogP contribution >= 0.6 is 27.3 Å². The number of nitrogens with zero attached hydrogens (tertiary/aromatic N) is 2. The van der Waals surface area contributed by atoms with E-state index in [-0.39, 0.29) is 23.3 Å². The topological polar surface area (TPSA) is 79.4 Å². The smallest absolute Gasteiger partial charge is 0.243 e. The maximum absolute atomic E-state index is 12.8. The lowest BCUT2D eigenvalue weighted by molar-refractivity contribution is -0.126. The molecule has 1 atom stereocenters. The number of piperidine rings is 1. The summed E-state index contributed by atoms with van der Waals surface area (Å²) in [5.41, 5.74) is 0.973. The Morgan fingerprint density at radius 2 is 2.11 bits per heavy atom. The zero-order chi connectivity index (χ0) is 19.4. The van der Waals surface area contributed by atoms with Gasteiger partial charge in [0.1, 0.15) is 0 Å². The SMILES string of the molecule is Cc1nc(CCNC(=O)C2CCCN(S(=O)(=O)c3ccc(Br)cc3)C2)cs1. The lowest BCUT2D eigenvalue weighted by Gasteiger charge is -2.31. The highest BCUT2D eigenvalue weighted by Crippen LogP contribution is 2.25. The van der Waals surface area contributed by atoms with Crippen LogP contribution in [-0.2, 0) is 21.2 Å². The summed E-state index contributed by atoms with van der Waals surface area (Å²) in [5, 5.41) is 5.93. The molecular weight excluding hydrogens is 450 g/mol. The molecule has 9 heteroatoms. The monoisotopic (exact) mass is 471 g/mol.